The van der Waals surface area contributed by atoms with Crippen LogP contribution in [0.3, 0.4) is 0 Å². The first-order valence-electron chi connectivity index (χ1n) is 6.08. The second-order valence-electron chi connectivity index (χ2n) is 4.31. The number of aryl methyl sites for hydroxylation is 1. The van der Waals surface area contributed by atoms with E-state index >= 15 is 0 Å². The third kappa shape index (κ3) is 2.25. The molecule has 3 aromatic rings. The lowest BCUT2D eigenvalue weighted by Gasteiger charge is -2.06. The van der Waals surface area contributed by atoms with Crippen LogP contribution in [0.4, 0.5) is 0 Å². The summed E-state index contributed by atoms with van der Waals surface area (Å²) < 4.78 is 7.20. The van der Waals surface area contributed by atoms with Crippen molar-refractivity contribution in [3.8, 4) is 5.88 Å². The van der Waals surface area contributed by atoms with Crippen LogP contribution in [0.1, 0.15) is 16.4 Å². The molecular formula is C13H13ClN4OS. The van der Waals surface area contributed by atoms with Gasteiger partial charge in [0.05, 0.1) is 30.7 Å². The molecule has 0 saturated heterocycles. The Morgan fingerprint density at radius 3 is 2.85 bits per heavy atom. The molecule has 0 radical (unpaired) electrons. The summed E-state index contributed by atoms with van der Waals surface area (Å²) in [4.78, 5) is 14.4. The molecule has 0 aliphatic heterocycles. The molecule has 0 saturated carbocycles. The number of rotatable bonds is 4. The van der Waals surface area contributed by atoms with Crippen LogP contribution in [0.15, 0.2) is 17.6 Å². The van der Waals surface area contributed by atoms with Crippen molar-refractivity contribution in [1.82, 2.24) is 19.5 Å². The minimum Gasteiger partial charge on any atom is -0.481 e. The van der Waals surface area contributed by atoms with Gasteiger partial charge in [-0.25, -0.2) is 9.97 Å². The molecule has 0 amide bonds. The van der Waals surface area contributed by atoms with E-state index in [9.17, 15) is 0 Å². The second-order valence-corrected chi connectivity index (χ2v) is 5.51. The van der Waals surface area contributed by atoms with Gasteiger partial charge in [0.1, 0.15) is 11.3 Å². The number of nitrogens with zero attached hydrogens (tertiary/aromatic N) is 4. The van der Waals surface area contributed by atoms with Gasteiger partial charge in [0.15, 0.2) is 5.65 Å². The van der Waals surface area contributed by atoms with Gasteiger partial charge in [0.25, 0.3) is 0 Å². The lowest BCUT2D eigenvalue weighted by Crippen LogP contribution is -2.05. The number of alkyl halides is 1. The Morgan fingerprint density at radius 2 is 2.20 bits per heavy atom. The number of hydrogen-bond acceptors (Lipinski definition) is 5. The number of ether oxygens (including phenoxy) is 1. The largest absolute Gasteiger partial charge is 0.481 e. The Balaban J connectivity index is 2.13. The van der Waals surface area contributed by atoms with E-state index in [2.05, 4.69) is 15.0 Å². The van der Waals surface area contributed by atoms with E-state index < -0.39 is 0 Å². The van der Waals surface area contributed by atoms with Crippen LogP contribution in [0, 0.1) is 6.92 Å². The first-order valence-corrected chi connectivity index (χ1v) is 7.49. The number of imidazole rings is 1. The first kappa shape index (κ1) is 13.3. The molecule has 104 valence electrons. The molecule has 0 fully saturated rings. The number of hydrogen-bond donors (Lipinski definition) is 0. The van der Waals surface area contributed by atoms with Gasteiger partial charge in [-0.3, -0.25) is 0 Å². The highest BCUT2D eigenvalue weighted by Crippen LogP contribution is 2.22. The minimum atomic E-state index is 0.344. The minimum absolute atomic E-state index is 0.344. The molecule has 7 heteroatoms. The summed E-state index contributed by atoms with van der Waals surface area (Å²) in [6.07, 6.45) is 0. The molecule has 0 N–H and O–H groups in total. The maximum absolute atomic E-state index is 6.00. The molecule has 20 heavy (non-hydrogen) atoms. The van der Waals surface area contributed by atoms with E-state index in [4.69, 9.17) is 16.3 Å². The molecular weight excluding hydrogens is 296 g/mol. The molecule has 0 aromatic carbocycles. The van der Waals surface area contributed by atoms with Crippen LogP contribution in [-0.2, 0) is 12.4 Å². The lowest BCUT2D eigenvalue weighted by atomic mass is 10.4. The van der Waals surface area contributed by atoms with Crippen LogP contribution in [0.2, 0.25) is 0 Å². The van der Waals surface area contributed by atoms with Crippen molar-refractivity contribution in [3.63, 3.8) is 0 Å². The van der Waals surface area contributed by atoms with E-state index in [0.717, 1.165) is 22.7 Å². The molecule has 0 bridgehead atoms. The molecule has 3 rings (SSSR count). The average Bonchev–Trinajstić information content (AvgIpc) is 3.03. The van der Waals surface area contributed by atoms with Crippen LogP contribution in [0.25, 0.3) is 11.2 Å². The summed E-state index contributed by atoms with van der Waals surface area (Å²) >= 11 is 7.63. The summed E-state index contributed by atoms with van der Waals surface area (Å²) in [5.41, 5.74) is 4.48. The normalized spacial score (nSPS) is 11.2. The number of fused-ring (bicyclic) bond motifs is 1. The SMILES string of the molecule is COc1ccc2nc(CCl)n(Cc3scnc3C)c2n1. The molecule has 0 atom stereocenters. The van der Waals surface area contributed by atoms with Gasteiger partial charge in [-0.05, 0) is 13.0 Å². The number of pyridine rings is 1. The van der Waals surface area contributed by atoms with Crippen molar-refractivity contribution in [3.05, 3.63) is 34.0 Å². The van der Waals surface area contributed by atoms with Gasteiger partial charge < -0.3 is 9.30 Å². The fourth-order valence-electron chi connectivity index (χ4n) is 2.03. The Hall–Kier alpha value is -1.66. The van der Waals surface area contributed by atoms with E-state index in [1.165, 1.54) is 4.88 Å². The maximum Gasteiger partial charge on any atom is 0.215 e. The summed E-state index contributed by atoms with van der Waals surface area (Å²) in [6, 6.07) is 3.70. The Kier molecular flexibility index (Phi) is 3.58. The molecule has 3 aromatic heterocycles. The van der Waals surface area contributed by atoms with Crippen molar-refractivity contribution < 1.29 is 4.74 Å². The second kappa shape index (κ2) is 5.38. The van der Waals surface area contributed by atoms with Crippen molar-refractivity contribution in [1.29, 1.82) is 0 Å². The van der Waals surface area contributed by atoms with E-state index in [1.54, 1.807) is 24.5 Å². The number of aromatic nitrogens is 4. The van der Waals surface area contributed by atoms with Crippen LogP contribution < -0.4 is 4.74 Å². The third-order valence-electron chi connectivity index (χ3n) is 3.12. The highest BCUT2D eigenvalue weighted by atomic mass is 35.5. The first-order chi connectivity index (χ1) is 9.72. The maximum atomic E-state index is 6.00. The molecule has 5 nitrogen and oxygen atoms in total. The monoisotopic (exact) mass is 308 g/mol. The zero-order valence-corrected chi connectivity index (χ0v) is 12.7. The number of methoxy groups -OCH3 is 1. The fourth-order valence-corrected chi connectivity index (χ4v) is 3.00. The summed E-state index contributed by atoms with van der Waals surface area (Å²) in [5, 5.41) is 0. The highest BCUT2D eigenvalue weighted by Gasteiger charge is 2.14. The Morgan fingerprint density at radius 1 is 1.35 bits per heavy atom. The standard InChI is InChI=1S/C13H13ClN4OS/c1-8-10(20-7-15-8)6-18-11(5-14)16-9-3-4-12(19-2)17-13(9)18/h3-4,7H,5-6H2,1-2H3. The van der Waals surface area contributed by atoms with Gasteiger partial charge in [0, 0.05) is 10.9 Å². The molecule has 0 aliphatic rings. The van der Waals surface area contributed by atoms with Gasteiger partial charge in [-0.15, -0.1) is 22.9 Å². The van der Waals surface area contributed by atoms with Gasteiger partial charge >= 0.3 is 0 Å². The van der Waals surface area contributed by atoms with Crippen LogP contribution in [0.5, 0.6) is 5.88 Å². The molecule has 0 unspecified atom stereocenters. The van der Waals surface area contributed by atoms with Gasteiger partial charge in [-0.2, -0.15) is 4.98 Å². The van der Waals surface area contributed by atoms with Crippen molar-refractivity contribution in [2.24, 2.45) is 0 Å². The van der Waals surface area contributed by atoms with E-state index in [-0.39, 0.29) is 0 Å². The van der Waals surface area contributed by atoms with E-state index in [0.29, 0.717) is 18.3 Å². The van der Waals surface area contributed by atoms with Crippen molar-refractivity contribution >= 4 is 34.1 Å². The average molecular weight is 309 g/mol. The summed E-state index contributed by atoms with van der Waals surface area (Å²) in [6.45, 7) is 2.68. The quantitative estimate of drug-likeness (QED) is 0.695. The van der Waals surface area contributed by atoms with E-state index in [1.807, 2.05) is 23.1 Å². The Bertz CT molecular complexity index is 752. The summed E-state index contributed by atoms with van der Waals surface area (Å²) in [5.74, 6) is 1.72. The molecule has 3 heterocycles. The highest BCUT2D eigenvalue weighted by molar-refractivity contribution is 7.09. The van der Waals surface area contributed by atoms with Crippen LogP contribution in [-0.4, -0.2) is 26.6 Å². The molecule has 0 aliphatic carbocycles. The smallest absolute Gasteiger partial charge is 0.215 e. The predicted molar refractivity (Wildman–Crippen MR) is 79.6 cm³/mol. The predicted octanol–water partition coefficient (Wildman–Crippen LogP) is 2.99. The Labute approximate surface area is 125 Å². The van der Waals surface area contributed by atoms with Crippen LogP contribution >= 0.6 is 22.9 Å². The zero-order chi connectivity index (χ0) is 14.1. The van der Waals surface area contributed by atoms with Gasteiger partial charge in [-0.1, -0.05) is 0 Å². The fraction of sp³-hybridized carbons (Fsp3) is 0.308. The number of thiazole rings is 1. The molecule has 0 spiro atoms. The summed E-state index contributed by atoms with van der Waals surface area (Å²) in [7, 11) is 1.60. The lowest BCUT2D eigenvalue weighted by molar-refractivity contribution is 0.399. The third-order valence-corrected chi connectivity index (χ3v) is 4.28. The number of halogens is 1. The zero-order valence-electron chi connectivity index (χ0n) is 11.1. The van der Waals surface area contributed by atoms with Crippen molar-refractivity contribution in [2.45, 2.75) is 19.3 Å². The van der Waals surface area contributed by atoms with Gasteiger partial charge in [0.2, 0.25) is 5.88 Å². The topological polar surface area (TPSA) is 52.8 Å². The van der Waals surface area contributed by atoms with Crippen molar-refractivity contribution in [2.75, 3.05) is 7.11 Å².